The maximum absolute atomic E-state index is 5.96. The van der Waals surface area contributed by atoms with Gasteiger partial charge in [0.1, 0.15) is 0 Å². The Bertz CT molecular complexity index is 708. The molecule has 0 fully saturated rings. The highest BCUT2D eigenvalue weighted by Crippen LogP contribution is 2.28. The SMILES string of the molecule is Nc1cc(Br)ccc1Nc1ccc2ncsc2c1. The minimum absolute atomic E-state index is 0.716. The van der Waals surface area contributed by atoms with Crippen molar-refractivity contribution in [1.29, 1.82) is 0 Å². The zero-order valence-electron chi connectivity index (χ0n) is 9.35. The van der Waals surface area contributed by atoms with E-state index in [1.54, 1.807) is 11.3 Å². The van der Waals surface area contributed by atoms with Crippen LogP contribution in [0, 0.1) is 0 Å². The van der Waals surface area contributed by atoms with Gasteiger partial charge in [-0.1, -0.05) is 15.9 Å². The summed E-state index contributed by atoms with van der Waals surface area (Å²) < 4.78 is 2.14. The predicted molar refractivity (Wildman–Crippen MR) is 81.5 cm³/mol. The van der Waals surface area contributed by atoms with E-state index in [-0.39, 0.29) is 0 Å². The molecule has 2 aromatic carbocycles. The Morgan fingerprint density at radius 3 is 2.89 bits per heavy atom. The van der Waals surface area contributed by atoms with Gasteiger partial charge >= 0.3 is 0 Å². The molecule has 3 aromatic rings. The van der Waals surface area contributed by atoms with Crippen molar-refractivity contribution in [3.8, 4) is 0 Å². The molecule has 0 aliphatic carbocycles. The average molecular weight is 320 g/mol. The molecule has 1 aromatic heterocycles. The van der Waals surface area contributed by atoms with E-state index in [9.17, 15) is 0 Å². The predicted octanol–water partition coefficient (Wildman–Crippen LogP) is 4.38. The number of benzene rings is 2. The molecule has 3 N–H and O–H groups in total. The van der Waals surface area contributed by atoms with E-state index in [0.29, 0.717) is 5.69 Å². The van der Waals surface area contributed by atoms with Gasteiger partial charge in [0.05, 0.1) is 27.1 Å². The lowest BCUT2D eigenvalue weighted by Gasteiger charge is -2.09. The van der Waals surface area contributed by atoms with Crippen LogP contribution in [-0.4, -0.2) is 4.98 Å². The monoisotopic (exact) mass is 319 g/mol. The molecule has 3 nitrogen and oxygen atoms in total. The lowest BCUT2D eigenvalue weighted by atomic mass is 10.2. The first-order valence-electron chi connectivity index (χ1n) is 5.38. The van der Waals surface area contributed by atoms with Crippen molar-refractivity contribution in [2.24, 2.45) is 0 Å². The van der Waals surface area contributed by atoms with Crippen LogP contribution in [0.3, 0.4) is 0 Å². The molecule has 0 atom stereocenters. The van der Waals surface area contributed by atoms with Gasteiger partial charge in [0.25, 0.3) is 0 Å². The topological polar surface area (TPSA) is 50.9 Å². The summed E-state index contributed by atoms with van der Waals surface area (Å²) in [5, 5.41) is 3.31. The van der Waals surface area contributed by atoms with E-state index in [1.165, 1.54) is 0 Å². The largest absolute Gasteiger partial charge is 0.397 e. The lowest BCUT2D eigenvalue weighted by molar-refractivity contribution is 1.49. The lowest BCUT2D eigenvalue weighted by Crippen LogP contribution is -1.95. The first kappa shape index (κ1) is 11.5. The van der Waals surface area contributed by atoms with Crippen molar-refractivity contribution in [2.45, 2.75) is 0 Å². The molecule has 5 heteroatoms. The number of nitrogens with zero attached hydrogens (tertiary/aromatic N) is 1. The fourth-order valence-electron chi connectivity index (χ4n) is 1.74. The average Bonchev–Trinajstić information content (AvgIpc) is 2.80. The van der Waals surface area contributed by atoms with Crippen molar-refractivity contribution in [3.05, 3.63) is 46.4 Å². The molecule has 0 bridgehead atoms. The first-order valence-corrected chi connectivity index (χ1v) is 7.05. The number of rotatable bonds is 2. The maximum atomic E-state index is 5.96. The van der Waals surface area contributed by atoms with Gasteiger partial charge < -0.3 is 11.1 Å². The van der Waals surface area contributed by atoms with E-state index < -0.39 is 0 Å². The standard InChI is InChI=1S/C13H10BrN3S/c14-8-1-3-11(10(15)5-8)17-9-2-4-12-13(6-9)18-7-16-12/h1-7,17H,15H2. The summed E-state index contributed by atoms with van der Waals surface area (Å²) >= 11 is 5.02. The van der Waals surface area contributed by atoms with Crippen LogP contribution in [0.5, 0.6) is 0 Å². The summed E-state index contributed by atoms with van der Waals surface area (Å²) in [5.74, 6) is 0. The Labute approximate surface area is 117 Å². The van der Waals surface area contributed by atoms with Gasteiger partial charge in [-0.3, -0.25) is 0 Å². The van der Waals surface area contributed by atoms with Crippen LogP contribution in [0.4, 0.5) is 17.1 Å². The van der Waals surface area contributed by atoms with Gasteiger partial charge in [-0.25, -0.2) is 4.98 Å². The third kappa shape index (κ3) is 2.19. The van der Waals surface area contributed by atoms with Crippen molar-refractivity contribution in [2.75, 3.05) is 11.1 Å². The number of nitrogens with two attached hydrogens (primary N) is 1. The number of halogens is 1. The minimum Gasteiger partial charge on any atom is -0.397 e. The Balaban J connectivity index is 1.95. The van der Waals surface area contributed by atoms with Gasteiger partial charge in [0.2, 0.25) is 0 Å². The van der Waals surface area contributed by atoms with Gasteiger partial charge in [-0.2, -0.15) is 0 Å². The van der Waals surface area contributed by atoms with Crippen LogP contribution in [-0.2, 0) is 0 Å². The highest BCUT2D eigenvalue weighted by atomic mass is 79.9. The van der Waals surface area contributed by atoms with Crippen LogP contribution in [0.25, 0.3) is 10.2 Å². The zero-order chi connectivity index (χ0) is 12.5. The van der Waals surface area contributed by atoms with Crippen LogP contribution in [0.2, 0.25) is 0 Å². The summed E-state index contributed by atoms with van der Waals surface area (Å²) in [7, 11) is 0. The zero-order valence-corrected chi connectivity index (χ0v) is 11.8. The van der Waals surface area contributed by atoms with E-state index in [0.717, 1.165) is 26.1 Å². The van der Waals surface area contributed by atoms with E-state index >= 15 is 0 Å². The number of anilines is 3. The molecule has 0 unspecified atom stereocenters. The van der Waals surface area contributed by atoms with E-state index in [2.05, 4.69) is 32.3 Å². The summed E-state index contributed by atoms with van der Waals surface area (Å²) in [6.07, 6.45) is 0. The van der Waals surface area contributed by atoms with E-state index in [4.69, 9.17) is 5.73 Å². The molecular weight excluding hydrogens is 310 g/mol. The highest BCUT2D eigenvalue weighted by Gasteiger charge is 2.02. The molecule has 0 spiro atoms. The fraction of sp³-hybridized carbons (Fsp3) is 0. The Morgan fingerprint density at radius 2 is 2.06 bits per heavy atom. The summed E-state index contributed by atoms with van der Waals surface area (Å²) in [4.78, 5) is 4.26. The number of thiazole rings is 1. The molecule has 18 heavy (non-hydrogen) atoms. The molecule has 0 aliphatic heterocycles. The second kappa shape index (κ2) is 4.59. The summed E-state index contributed by atoms with van der Waals surface area (Å²) in [5.41, 5.74) is 11.5. The third-order valence-corrected chi connectivity index (χ3v) is 3.91. The van der Waals surface area contributed by atoms with Crippen molar-refractivity contribution in [1.82, 2.24) is 4.98 Å². The van der Waals surface area contributed by atoms with Crippen molar-refractivity contribution < 1.29 is 0 Å². The first-order chi connectivity index (χ1) is 8.72. The quantitative estimate of drug-likeness (QED) is 0.689. The van der Waals surface area contributed by atoms with Crippen LogP contribution in [0.15, 0.2) is 46.4 Å². The Hall–Kier alpha value is -1.59. The molecule has 1 heterocycles. The highest BCUT2D eigenvalue weighted by molar-refractivity contribution is 9.10. The smallest absolute Gasteiger partial charge is 0.0813 e. The number of nitrogens with one attached hydrogen (secondary N) is 1. The second-order valence-electron chi connectivity index (χ2n) is 3.89. The second-order valence-corrected chi connectivity index (χ2v) is 5.69. The number of fused-ring (bicyclic) bond motifs is 1. The fourth-order valence-corrected chi connectivity index (χ4v) is 2.83. The third-order valence-electron chi connectivity index (χ3n) is 2.62. The van der Waals surface area contributed by atoms with Crippen LogP contribution >= 0.6 is 27.3 Å². The van der Waals surface area contributed by atoms with Gasteiger partial charge in [-0.15, -0.1) is 11.3 Å². The van der Waals surface area contributed by atoms with Gasteiger partial charge in [0.15, 0.2) is 0 Å². The molecular formula is C13H10BrN3S. The molecule has 90 valence electrons. The van der Waals surface area contributed by atoms with Crippen LogP contribution < -0.4 is 11.1 Å². The molecule has 3 rings (SSSR count). The number of aromatic nitrogens is 1. The summed E-state index contributed by atoms with van der Waals surface area (Å²) in [6.45, 7) is 0. The maximum Gasteiger partial charge on any atom is 0.0813 e. The molecule has 0 saturated heterocycles. The Morgan fingerprint density at radius 1 is 1.17 bits per heavy atom. The number of hydrogen-bond acceptors (Lipinski definition) is 4. The Kier molecular flexibility index (Phi) is 2.93. The molecule has 0 amide bonds. The minimum atomic E-state index is 0.716. The summed E-state index contributed by atoms with van der Waals surface area (Å²) in [6, 6.07) is 11.9. The van der Waals surface area contributed by atoms with Crippen molar-refractivity contribution in [3.63, 3.8) is 0 Å². The van der Waals surface area contributed by atoms with Crippen molar-refractivity contribution >= 4 is 54.5 Å². The van der Waals surface area contributed by atoms with E-state index in [1.807, 2.05) is 35.8 Å². The molecule has 0 radical (unpaired) electrons. The normalized spacial score (nSPS) is 10.7. The number of nitrogen functional groups attached to an aromatic ring is 1. The van der Waals surface area contributed by atoms with Gasteiger partial charge in [-0.05, 0) is 36.4 Å². The van der Waals surface area contributed by atoms with Crippen LogP contribution in [0.1, 0.15) is 0 Å². The number of hydrogen-bond donors (Lipinski definition) is 2. The van der Waals surface area contributed by atoms with Gasteiger partial charge in [0, 0.05) is 10.2 Å². The molecule has 0 aliphatic rings. The molecule has 0 saturated carbocycles.